The molecule has 1 atom stereocenters. The molecule has 7 heteroatoms. The summed E-state index contributed by atoms with van der Waals surface area (Å²) in [5.74, 6) is 0.961. The summed E-state index contributed by atoms with van der Waals surface area (Å²) in [6, 6.07) is 14.1. The van der Waals surface area contributed by atoms with Gasteiger partial charge in [0.1, 0.15) is 0 Å². The fourth-order valence-corrected chi connectivity index (χ4v) is 4.68. The van der Waals surface area contributed by atoms with Crippen molar-refractivity contribution in [1.82, 2.24) is 24.6 Å². The van der Waals surface area contributed by atoms with E-state index >= 15 is 0 Å². The highest BCUT2D eigenvalue weighted by molar-refractivity contribution is 8.00. The van der Waals surface area contributed by atoms with Gasteiger partial charge in [-0.05, 0) is 37.5 Å². The quantitative estimate of drug-likeness (QED) is 0.556. The van der Waals surface area contributed by atoms with Crippen LogP contribution in [0.2, 0.25) is 0 Å². The van der Waals surface area contributed by atoms with Crippen LogP contribution in [-0.4, -0.2) is 48.9 Å². The number of nitrogens with zero attached hydrogens (tertiary/aromatic N) is 5. The lowest BCUT2D eigenvalue weighted by Gasteiger charge is -2.23. The van der Waals surface area contributed by atoms with Crippen LogP contribution in [0.4, 0.5) is 0 Å². The Morgan fingerprint density at radius 1 is 1.03 bits per heavy atom. The van der Waals surface area contributed by atoms with Crippen molar-refractivity contribution in [3.63, 3.8) is 0 Å². The number of aromatic nitrogens is 4. The molecule has 1 aliphatic heterocycles. The maximum Gasteiger partial charge on any atom is 0.235 e. The third-order valence-electron chi connectivity index (χ3n) is 5.37. The number of hydrogen-bond acceptors (Lipinski definition) is 5. The fourth-order valence-electron chi connectivity index (χ4n) is 3.75. The van der Waals surface area contributed by atoms with E-state index in [0.717, 1.165) is 48.0 Å². The first-order valence-corrected chi connectivity index (χ1v) is 11.4. The smallest absolute Gasteiger partial charge is 0.235 e. The van der Waals surface area contributed by atoms with Crippen molar-refractivity contribution < 1.29 is 4.79 Å². The van der Waals surface area contributed by atoms with Gasteiger partial charge in [-0.2, -0.15) is 0 Å². The first-order valence-electron chi connectivity index (χ1n) is 10.6. The normalized spacial score (nSPS) is 15.6. The molecule has 30 heavy (non-hydrogen) atoms. The Morgan fingerprint density at radius 2 is 1.80 bits per heavy atom. The highest BCUT2D eigenvalue weighted by atomic mass is 32.2. The minimum Gasteiger partial charge on any atom is -0.342 e. The van der Waals surface area contributed by atoms with E-state index < -0.39 is 0 Å². The monoisotopic (exact) mass is 421 g/mol. The number of carbonyl (C=O) groups is 1. The molecule has 0 bridgehead atoms. The van der Waals surface area contributed by atoms with E-state index in [1.165, 1.54) is 24.6 Å². The summed E-state index contributed by atoms with van der Waals surface area (Å²) in [7, 11) is 0. The summed E-state index contributed by atoms with van der Waals surface area (Å²) >= 11 is 1.49. The molecule has 0 saturated carbocycles. The molecule has 0 aliphatic carbocycles. The van der Waals surface area contributed by atoms with Gasteiger partial charge in [0, 0.05) is 31.0 Å². The predicted molar refractivity (Wildman–Crippen MR) is 119 cm³/mol. The molecule has 6 nitrogen and oxygen atoms in total. The number of thioether (sulfide) groups is 1. The topological polar surface area (TPSA) is 63.9 Å². The van der Waals surface area contributed by atoms with Gasteiger partial charge in [0.2, 0.25) is 5.91 Å². The SMILES string of the molecule is C[C@@H](Sc1nnc(-c2cccnc2)n1Cc1ccccc1)C(=O)N1CCCCCC1. The maximum absolute atomic E-state index is 13.0. The molecular weight excluding hydrogens is 394 g/mol. The zero-order valence-corrected chi connectivity index (χ0v) is 18.1. The Kier molecular flexibility index (Phi) is 6.79. The van der Waals surface area contributed by atoms with Gasteiger partial charge in [0.15, 0.2) is 11.0 Å². The Hall–Kier alpha value is -2.67. The Morgan fingerprint density at radius 3 is 2.50 bits per heavy atom. The second-order valence-electron chi connectivity index (χ2n) is 7.62. The molecule has 0 unspecified atom stereocenters. The van der Waals surface area contributed by atoms with Crippen LogP contribution in [0, 0.1) is 0 Å². The number of carbonyl (C=O) groups excluding carboxylic acids is 1. The van der Waals surface area contributed by atoms with E-state index in [9.17, 15) is 4.79 Å². The minimum absolute atomic E-state index is 0.194. The lowest BCUT2D eigenvalue weighted by Crippen LogP contribution is -2.37. The van der Waals surface area contributed by atoms with Crippen LogP contribution in [0.3, 0.4) is 0 Å². The van der Waals surface area contributed by atoms with Crippen molar-refractivity contribution in [2.24, 2.45) is 0 Å². The van der Waals surface area contributed by atoms with Crippen molar-refractivity contribution in [1.29, 1.82) is 0 Å². The van der Waals surface area contributed by atoms with Crippen LogP contribution in [0.25, 0.3) is 11.4 Å². The molecule has 1 saturated heterocycles. The molecule has 0 spiro atoms. The van der Waals surface area contributed by atoms with Gasteiger partial charge in [-0.1, -0.05) is 54.9 Å². The average Bonchev–Trinajstić information content (AvgIpc) is 2.99. The molecule has 3 aromatic rings. The molecule has 1 fully saturated rings. The lowest BCUT2D eigenvalue weighted by molar-refractivity contribution is -0.130. The third kappa shape index (κ3) is 4.90. The molecule has 0 radical (unpaired) electrons. The van der Waals surface area contributed by atoms with Gasteiger partial charge < -0.3 is 4.90 Å². The van der Waals surface area contributed by atoms with E-state index in [0.29, 0.717) is 6.54 Å². The Labute approximate surface area is 181 Å². The zero-order chi connectivity index (χ0) is 20.8. The summed E-state index contributed by atoms with van der Waals surface area (Å²) < 4.78 is 2.09. The van der Waals surface area contributed by atoms with Crippen LogP contribution < -0.4 is 0 Å². The molecule has 1 amide bonds. The fraction of sp³-hybridized carbons (Fsp3) is 0.391. The maximum atomic E-state index is 13.0. The first kappa shape index (κ1) is 20.6. The van der Waals surface area contributed by atoms with Crippen LogP contribution >= 0.6 is 11.8 Å². The number of pyridine rings is 1. The Bertz CT molecular complexity index is 952. The zero-order valence-electron chi connectivity index (χ0n) is 17.3. The van der Waals surface area contributed by atoms with Gasteiger partial charge in [0.05, 0.1) is 11.8 Å². The minimum atomic E-state index is -0.205. The largest absolute Gasteiger partial charge is 0.342 e. The number of benzene rings is 1. The van der Waals surface area contributed by atoms with Gasteiger partial charge in [-0.15, -0.1) is 10.2 Å². The van der Waals surface area contributed by atoms with E-state index in [1.54, 1.807) is 12.4 Å². The molecule has 3 heterocycles. The molecule has 0 N–H and O–H groups in total. The van der Waals surface area contributed by atoms with Crippen molar-refractivity contribution in [3.05, 3.63) is 60.4 Å². The first-order chi connectivity index (χ1) is 14.7. The van der Waals surface area contributed by atoms with Crippen molar-refractivity contribution in [2.45, 2.75) is 49.6 Å². The van der Waals surface area contributed by atoms with Crippen LogP contribution in [-0.2, 0) is 11.3 Å². The second-order valence-corrected chi connectivity index (χ2v) is 8.93. The number of hydrogen-bond donors (Lipinski definition) is 0. The lowest BCUT2D eigenvalue weighted by atomic mass is 10.2. The van der Waals surface area contributed by atoms with Crippen LogP contribution in [0.5, 0.6) is 0 Å². The summed E-state index contributed by atoms with van der Waals surface area (Å²) in [5, 5.41) is 9.45. The van der Waals surface area contributed by atoms with Gasteiger partial charge in [0.25, 0.3) is 0 Å². The summed E-state index contributed by atoms with van der Waals surface area (Å²) in [6.45, 7) is 4.34. The highest BCUT2D eigenvalue weighted by Gasteiger charge is 2.25. The molecule has 1 aromatic carbocycles. The highest BCUT2D eigenvalue weighted by Crippen LogP contribution is 2.28. The van der Waals surface area contributed by atoms with E-state index in [2.05, 4.69) is 31.9 Å². The van der Waals surface area contributed by atoms with E-state index in [1.807, 2.05) is 42.2 Å². The predicted octanol–water partition coefficient (Wildman–Crippen LogP) is 4.27. The summed E-state index contributed by atoms with van der Waals surface area (Å²) in [5.41, 5.74) is 2.08. The number of amides is 1. The van der Waals surface area contributed by atoms with Crippen molar-refractivity contribution in [2.75, 3.05) is 13.1 Å². The second kappa shape index (κ2) is 9.89. The molecule has 156 valence electrons. The van der Waals surface area contributed by atoms with Gasteiger partial charge in [-0.3, -0.25) is 14.3 Å². The van der Waals surface area contributed by atoms with Crippen molar-refractivity contribution >= 4 is 17.7 Å². The van der Waals surface area contributed by atoms with Crippen LogP contribution in [0.15, 0.2) is 60.0 Å². The molecule has 2 aromatic heterocycles. The molecule has 4 rings (SSSR count). The molecular formula is C23H27N5OS. The Balaban J connectivity index is 1.59. The molecule has 1 aliphatic rings. The number of rotatable bonds is 6. The number of likely N-dealkylation sites (tertiary alicyclic amines) is 1. The van der Waals surface area contributed by atoms with Gasteiger partial charge in [-0.25, -0.2) is 0 Å². The van der Waals surface area contributed by atoms with Crippen molar-refractivity contribution in [3.8, 4) is 11.4 Å². The van der Waals surface area contributed by atoms with Gasteiger partial charge >= 0.3 is 0 Å². The third-order valence-corrected chi connectivity index (χ3v) is 6.44. The van der Waals surface area contributed by atoms with E-state index in [-0.39, 0.29) is 11.2 Å². The summed E-state index contributed by atoms with van der Waals surface area (Å²) in [6.07, 6.45) is 8.16. The van der Waals surface area contributed by atoms with E-state index in [4.69, 9.17) is 0 Å². The van der Waals surface area contributed by atoms with Crippen LogP contribution in [0.1, 0.15) is 38.2 Å². The standard InChI is InChI=1S/C23H27N5OS/c1-18(22(29)27-14-7-2-3-8-15-27)30-23-26-25-21(20-12-9-13-24-16-20)28(23)17-19-10-5-4-6-11-19/h4-6,9-13,16,18H,2-3,7-8,14-15,17H2,1H3/t18-/m1/s1. The average molecular weight is 422 g/mol. The summed E-state index contributed by atoms with van der Waals surface area (Å²) in [4.78, 5) is 19.3.